The number of anilines is 1. The first kappa shape index (κ1) is 24.4. The van der Waals surface area contributed by atoms with Gasteiger partial charge < -0.3 is 10.1 Å². The first-order valence-corrected chi connectivity index (χ1v) is 12.2. The maximum Gasteiger partial charge on any atom is 0.226 e. The van der Waals surface area contributed by atoms with Crippen molar-refractivity contribution in [2.75, 3.05) is 18.7 Å². The number of ketones is 1. The molecule has 0 aliphatic rings. The fourth-order valence-corrected chi connectivity index (χ4v) is 4.18. The summed E-state index contributed by atoms with van der Waals surface area (Å²) in [5, 5.41) is 3.07. The Hall–Kier alpha value is -3.20. The second kappa shape index (κ2) is 10.6. The number of carbonyl (C=O) groups excluding carboxylic acids is 2. The fourth-order valence-electron chi connectivity index (χ4n) is 3.27. The molecule has 0 saturated carbocycles. The summed E-state index contributed by atoms with van der Waals surface area (Å²) in [4.78, 5) is 25.9. The summed E-state index contributed by atoms with van der Waals surface area (Å²) in [5.41, 5.74) is 1.56. The van der Waals surface area contributed by atoms with Crippen LogP contribution in [0, 0.1) is 0 Å². The smallest absolute Gasteiger partial charge is 0.226 e. The largest absolute Gasteiger partial charge is 0.497 e. The Kier molecular flexibility index (Phi) is 7.86. The van der Waals surface area contributed by atoms with Crippen LogP contribution >= 0.6 is 11.6 Å². The molecule has 172 valence electrons. The maximum absolute atomic E-state index is 13.0. The Morgan fingerprint density at radius 1 is 1.00 bits per heavy atom. The van der Waals surface area contributed by atoms with Crippen molar-refractivity contribution in [3.63, 3.8) is 0 Å². The highest BCUT2D eigenvalue weighted by molar-refractivity contribution is 7.88. The number of benzene rings is 3. The van der Waals surface area contributed by atoms with E-state index >= 15 is 0 Å². The van der Waals surface area contributed by atoms with Gasteiger partial charge >= 0.3 is 0 Å². The van der Waals surface area contributed by atoms with Crippen molar-refractivity contribution >= 4 is 39.0 Å². The molecule has 0 aliphatic carbocycles. The summed E-state index contributed by atoms with van der Waals surface area (Å²) >= 11 is 6.09. The predicted octanol–water partition coefficient (Wildman–Crippen LogP) is 4.20. The molecule has 0 aliphatic heterocycles. The van der Waals surface area contributed by atoms with Crippen LogP contribution in [0.25, 0.3) is 0 Å². The van der Waals surface area contributed by atoms with E-state index in [0.29, 0.717) is 21.9 Å². The third-order valence-corrected chi connectivity index (χ3v) is 5.75. The molecule has 3 rings (SSSR count). The molecule has 0 bridgehead atoms. The number of ether oxygens (including phenoxy) is 1. The zero-order valence-electron chi connectivity index (χ0n) is 18.0. The van der Waals surface area contributed by atoms with Crippen LogP contribution in [0.4, 0.5) is 5.69 Å². The van der Waals surface area contributed by atoms with E-state index in [0.717, 1.165) is 6.26 Å². The minimum atomic E-state index is -3.60. The van der Waals surface area contributed by atoms with Gasteiger partial charge in [0.2, 0.25) is 15.9 Å². The maximum atomic E-state index is 13.0. The van der Waals surface area contributed by atoms with Crippen molar-refractivity contribution in [3.05, 3.63) is 94.5 Å². The van der Waals surface area contributed by atoms with Crippen molar-refractivity contribution in [1.29, 1.82) is 0 Å². The quantitative estimate of drug-likeness (QED) is 0.441. The van der Waals surface area contributed by atoms with Crippen molar-refractivity contribution in [2.45, 2.75) is 12.5 Å². The molecule has 0 heterocycles. The highest BCUT2D eigenvalue weighted by Crippen LogP contribution is 2.26. The Morgan fingerprint density at radius 3 is 2.27 bits per heavy atom. The minimum absolute atomic E-state index is 0.193. The normalized spacial score (nSPS) is 12.1. The summed E-state index contributed by atoms with van der Waals surface area (Å²) in [6.07, 6.45) is 0.832. The number of rotatable bonds is 9. The van der Waals surface area contributed by atoms with E-state index < -0.39 is 22.0 Å². The van der Waals surface area contributed by atoms with Gasteiger partial charge in [-0.05, 0) is 35.9 Å². The number of methoxy groups -OCH3 is 1. The first-order chi connectivity index (χ1) is 15.7. The zero-order chi connectivity index (χ0) is 24.0. The third-order valence-electron chi connectivity index (χ3n) is 4.80. The average molecular weight is 487 g/mol. The summed E-state index contributed by atoms with van der Waals surface area (Å²) < 4.78 is 31.4. The van der Waals surface area contributed by atoms with Gasteiger partial charge in [0.05, 0.1) is 25.1 Å². The molecule has 0 saturated heterocycles. The van der Waals surface area contributed by atoms with Gasteiger partial charge in [-0.2, -0.15) is 0 Å². The monoisotopic (exact) mass is 486 g/mol. The van der Waals surface area contributed by atoms with Crippen molar-refractivity contribution < 1.29 is 22.7 Å². The zero-order valence-corrected chi connectivity index (χ0v) is 19.6. The van der Waals surface area contributed by atoms with E-state index in [1.807, 2.05) is 0 Å². The average Bonchev–Trinajstić information content (AvgIpc) is 2.79. The molecule has 2 N–H and O–H groups in total. The van der Waals surface area contributed by atoms with Gasteiger partial charge in [0.15, 0.2) is 5.78 Å². The Balaban J connectivity index is 1.85. The van der Waals surface area contributed by atoms with Gasteiger partial charge in [-0.15, -0.1) is 0 Å². The van der Waals surface area contributed by atoms with E-state index in [9.17, 15) is 18.0 Å². The standard InChI is InChI=1S/C24H23ClN2O5S/c1-32-19-11-8-16(9-12-19)22(27-33(2,30)31)15-23(28)26-21-13-10-18(25)14-20(21)24(29)17-6-4-3-5-7-17/h3-14,22,27H,15H2,1-2H3,(H,26,28). The summed E-state index contributed by atoms with van der Waals surface area (Å²) in [7, 11) is -2.08. The van der Waals surface area contributed by atoms with Gasteiger partial charge in [-0.25, -0.2) is 13.1 Å². The summed E-state index contributed by atoms with van der Waals surface area (Å²) in [6.45, 7) is 0. The van der Waals surface area contributed by atoms with Gasteiger partial charge in [-0.1, -0.05) is 54.1 Å². The molecule has 3 aromatic carbocycles. The molecule has 1 atom stereocenters. The lowest BCUT2D eigenvalue weighted by atomic mass is 10.0. The predicted molar refractivity (Wildman–Crippen MR) is 128 cm³/mol. The van der Waals surface area contributed by atoms with Gasteiger partial charge in [0.1, 0.15) is 5.75 Å². The van der Waals surface area contributed by atoms with E-state index in [2.05, 4.69) is 10.0 Å². The van der Waals surface area contributed by atoms with Crippen molar-refractivity contribution in [2.24, 2.45) is 0 Å². The second-order valence-corrected chi connectivity index (χ2v) is 9.57. The van der Waals surface area contributed by atoms with E-state index in [1.165, 1.54) is 13.2 Å². The summed E-state index contributed by atoms with van der Waals surface area (Å²) in [6, 6.07) is 19.1. The van der Waals surface area contributed by atoms with Gasteiger partial charge in [-0.3, -0.25) is 9.59 Å². The van der Waals surface area contributed by atoms with Crippen LogP contribution in [-0.4, -0.2) is 33.5 Å². The molecule has 0 radical (unpaired) electrons. The van der Waals surface area contributed by atoms with Crippen LogP contribution in [0.15, 0.2) is 72.8 Å². The number of hydrogen-bond acceptors (Lipinski definition) is 5. The van der Waals surface area contributed by atoms with Crippen molar-refractivity contribution in [3.8, 4) is 5.75 Å². The summed E-state index contributed by atoms with van der Waals surface area (Å²) in [5.74, 6) is -0.169. The third kappa shape index (κ3) is 6.89. The van der Waals surface area contributed by atoms with Crippen LogP contribution in [0.1, 0.15) is 33.9 Å². The lowest BCUT2D eigenvalue weighted by molar-refractivity contribution is -0.116. The fraction of sp³-hybridized carbons (Fsp3) is 0.167. The van der Waals surface area contributed by atoms with Gasteiger partial charge in [0, 0.05) is 22.6 Å². The number of sulfonamides is 1. The highest BCUT2D eigenvalue weighted by Gasteiger charge is 2.22. The number of carbonyl (C=O) groups is 2. The molecule has 3 aromatic rings. The Morgan fingerprint density at radius 2 is 1.67 bits per heavy atom. The van der Waals surface area contributed by atoms with Crippen molar-refractivity contribution in [1.82, 2.24) is 4.72 Å². The topological polar surface area (TPSA) is 102 Å². The lowest BCUT2D eigenvalue weighted by Crippen LogP contribution is -2.31. The molecule has 0 fully saturated rings. The highest BCUT2D eigenvalue weighted by atomic mass is 35.5. The number of nitrogens with one attached hydrogen (secondary N) is 2. The second-order valence-electron chi connectivity index (χ2n) is 7.35. The van der Waals surface area contributed by atoms with E-state index in [1.54, 1.807) is 66.7 Å². The molecular weight excluding hydrogens is 464 g/mol. The number of halogens is 1. The van der Waals surface area contributed by atoms with Crippen LogP contribution in [0.5, 0.6) is 5.75 Å². The molecule has 0 spiro atoms. The van der Waals surface area contributed by atoms with Crippen LogP contribution in [0.2, 0.25) is 5.02 Å². The SMILES string of the molecule is COc1ccc(C(CC(=O)Nc2ccc(Cl)cc2C(=O)c2ccccc2)NS(C)(=O)=O)cc1. The minimum Gasteiger partial charge on any atom is -0.497 e. The Labute approximate surface area is 197 Å². The molecule has 1 amide bonds. The molecule has 0 aromatic heterocycles. The van der Waals surface area contributed by atoms with E-state index in [4.69, 9.17) is 16.3 Å². The van der Waals surface area contributed by atoms with Crippen LogP contribution < -0.4 is 14.8 Å². The van der Waals surface area contributed by atoms with E-state index in [-0.39, 0.29) is 23.5 Å². The first-order valence-electron chi connectivity index (χ1n) is 9.96. The van der Waals surface area contributed by atoms with Gasteiger partial charge in [0.25, 0.3) is 0 Å². The molecule has 33 heavy (non-hydrogen) atoms. The van der Waals surface area contributed by atoms with Crippen LogP contribution in [0.3, 0.4) is 0 Å². The molecule has 9 heteroatoms. The lowest BCUT2D eigenvalue weighted by Gasteiger charge is -2.19. The Bertz CT molecular complexity index is 1250. The number of amides is 1. The molecule has 7 nitrogen and oxygen atoms in total. The molecular formula is C24H23ClN2O5S. The molecule has 1 unspecified atom stereocenters. The van der Waals surface area contributed by atoms with Crippen LogP contribution in [-0.2, 0) is 14.8 Å². The number of hydrogen-bond donors (Lipinski definition) is 2.